The zero-order valence-electron chi connectivity index (χ0n) is 23.5. The minimum atomic E-state index is -1.75. The highest BCUT2D eigenvalue weighted by molar-refractivity contribution is 6.07. The number of rotatable bonds is 6. The van der Waals surface area contributed by atoms with Crippen molar-refractivity contribution < 1.29 is 29.9 Å². The zero-order valence-corrected chi connectivity index (χ0v) is 23.5. The monoisotopic (exact) mass is 594 g/mol. The molecule has 0 aliphatic carbocycles. The van der Waals surface area contributed by atoms with Crippen LogP contribution in [0.5, 0.6) is 0 Å². The number of aromatic nitrogens is 2. The average Bonchev–Trinajstić information content (AvgIpc) is 3.00. The van der Waals surface area contributed by atoms with Crippen LogP contribution in [0.15, 0.2) is 47.5 Å². The van der Waals surface area contributed by atoms with Crippen molar-refractivity contribution in [3.8, 4) is 11.1 Å². The maximum Gasteiger partial charge on any atom is 0.257 e. The van der Waals surface area contributed by atoms with E-state index in [0.29, 0.717) is 43.2 Å². The van der Waals surface area contributed by atoms with Crippen LogP contribution in [0.1, 0.15) is 25.7 Å². The van der Waals surface area contributed by atoms with Crippen LogP contribution in [0.4, 0.5) is 34.8 Å². The Morgan fingerprint density at radius 1 is 1.12 bits per heavy atom. The predicted molar refractivity (Wildman–Crippen MR) is 158 cm³/mol. The number of amides is 1. The number of anilines is 3. The summed E-state index contributed by atoms with van der Waals surface area (Å²) in [6, 6.07) is 7.97. The lowest BCUT2D eigenvalue weighted by atomic mass is 10.0. The Morgan fingerprint density at radius 3 is 2.50 bits per heavy atom. The first kappa shape index (κ1) is 31.0. The number of benzene rings is 1. The van der Waals surface area contributed by atoms with E-state index in [4.69, 9.17) is 4.74 Å². The fraction of sp³-hybridized carbons (Fsp3) is 0.414. The maximum absolute atomic E-state index is 15.6. The summed E-state index contributed by atoms with van der Waals surface area (Å²) in [5.41, 5.74) is 1.27. The van der Waals surface area contributed by atoms with E-state index < -0.39 is 30.9 Å². The van der Waals surface area contributed by atoms with Crippen molar-refractivity contribution in [2.45, 2.75) is 19.6 Å². The Labute approximate surface area is 244 Å². The van der Waals surface area contributed by atoms with Crippen molar-refractivity contribution in [2.75, 3.05) is 75.0 Å². The van der Waals surface area contributed by atoms with Crippen molar-refractivity contribution in [3.05, 3.63) is 70.0 Å². The van der Waals surface area contributed by atoms with Crippen molar-refractivity contribution in [1.82, 2.24) is 14.9 Å². The molecule has 1 atom stereocenters. The molecule has 3 aromatic rings. The van der Waals surface area contributed by atoms with Crippen molar-refractivity contribution >= 4 is 23.1 Å². The quantitative estimate of drug-likeness (QED) is 0.402. The van der Waals surface area contributed by atoms with Crippen molar-refractivity contribution in [2.24, 2.45) is 0 Å². The molecule has 0 spiro atoms. The Balaban J connectivity index is 0.00000130. The van der Waals surface area contributed by atoms with Crippen LogP contribution in [0, 0.1) is 5.82 Å². The number of morpholine rings is 1. The van der Waals surface area contributed by atoms with Gasteiger partial charge >= 0.3 is 0 Å². The third-order valence-electron chi connectivity index (χ3n) is 7.43. The molecular weight excluding hydrogens is 556 g/mol. The summed E-state index contributed by atoms with van der Waals surface area (Å²) in [6.45, 7) is 4.17. The van der Waals surface area contributed by atoms with Crippen LogP contribution in [-0.4, -0.2) is 86.7 Å². The van der Waals surface area contributed by atoms with Crippen LogP contribution >= 0.6 is 0 Å². The van der Waals surface area contributed by atoms with E-state index in [-0.39, 0.29) is 25.6 Å². The molecule has 0 radical (unpaired) electrons. The van der Waals surface area contributed by atoms with Gasteiger partial charge < -0.3 is 29.7 Å². The van der Waals surface area contributed by atoms with Crippen LogP contribution in [0.2, 0.25) is 0 Å². The number of piperazine rings is 1. The molecule has 13 heteroatoms. The van der Waals surface area contributed by atoms with Crippen LogP contribution in [0.3, 0.4) is 0 Å². The number of nitrogens with one attached hydrogen (secondary N) is 2. The number of likely N-dealkylation sites (N-methyl/N-ethyl adjacent to an activating group) is 1. The summed E-state index contributed by atoms with van der Waals surface area (Å²) < 4.78 is 53.9. The number of carbonyl (C=O) groups excluding carboxylic acids is 1. The molecule has 2 N–H and O–H groups in total. The number of nitrogens with zero attached hydrogens (tertiary/aromatic N) is 4. The second-order valence-electron chi connectivity index (χ2n) is 10.1. The summed E-state index contributed by atoms with van der Waals surface area (Å²) in [7, 11) is 2.04. The van der Waals surface area contributed by atoms with E-state index in [1.165, 1.54) is 12.3 Å². The van der Waals surface area contributed by atoms with Gasteiger partial charge in [0.1, 0.15) is 18.3 Å². The molecule has 4 heterocycles. The van der Waals surface area contributed by atoms with E-state index in [9.17, 15) is 22.8 Å². The second-order valence-corrected chi connectivity index (χ2v) is 10.1. The molecule has 2 fully saturated rings. The van der Waals surface area contributed by atoms with Gasteiger partial charge in [0, 0.05) is 76.8 Å². The third kappa shape index (κ3) is 7.26. The van der Waals surface area contributed by atoms with Crippen molar-refractivity contribution in [3.63, 3.8) is 0 Å². The van der Waals surface area contributed by atoms with E-state index in [1.54, 1.807) is 12.3 Å². The van der Waals surface area contributed by atoms with E-state index >= 15 is 4.39 Å². The van der Waals surface area contributed by atoms with Crippen LogP contribution in [-0.2, 0) is 11.4 Å². The van der Waals surface area contributed by atoms with Gasteiger partial charge in [-0.15, -0.1) is 0 Å². The first-order valence-corrected chi connectivity index (χ1v) is 13.5. The summed E-state index contributed by atoms with van der Waals surface area (Å²) in [5.74, 6) is -0.250. The van der Waals surface area contributed by atoms with Crippen LogP contribution in [0.25, 0.3) is 11.1 Å². The number of halogens is 4. The van der Waals surface area contributed by atoms with E-state index in [2.05, 4.69) is 32.0 Å². The minimum absolute atomic E-state index is 0. The minimum Gasteiger partial charge on any atom is -0.378 e. The largest absolute Gasteiger partial charge is 0.378 e. The number of hydrogen-bond acceptors (Lipinski definition) is 7. The van der Waals surface area contributed by atoms with Gasteiger partial charge in [-0.2, -0.15) is 0 Å². The number of H-pyrrole nitrogens is 1. The number of alkyl halides is 3. The van der Waals surface area contributed by atoms with Gasteiger partial charge in [-0.3, -0.25) is 9.59 Å². The molecular formula is C29H38F4N6O3. The maximum atomic E-state index is 15.6. The molecule has 0 unspecified atom stereocenters. The van der Waals surface area contributed by atoms with Gasteiger partial charge in [0.05, 0.1) is 30.2 Å². The topological polar surface area (TPSA) is 93.8 Å². The van der Waals surface area contributed by atoms with Crippen molar-refractivity contribution in [1.29, 1.82) is 0 Å². The highest BCUT2D eigenvalue weighted by Gasteiger charge is 2.25. The second kappa shape index (κ2) is 14.3. The lowest BCUT2D eigenvalue weighted by Crippen LogP contribution is -2.50. The number of hydrogen-bond donors (Lipinski definition) is 2. The number of aromatic amines is 1. The fourth-order valence-electron chi connectivity index (χ4n) is 4.96. The molecule has 2 aliphatic heterocycles. The molecule has 9 nitrogen and oxygen atoms in total. The first-order chi connectivity index (χ1) is 20.2. The molecule has 0 bridgehead atoms. The van der Waals surface area contributed by atoms with Gasteiger partial charge in [0.25, 0.3) is 5.91 Å². The Bertz CT molecular complexity index is 1430. The predicted octanol–water partition coefficient (Wildman–Crippen LogP) is 4.65. The standard InChI is InChI=1S/C28H32F2N6O3.CH2F2.2H2/c1-18-17-36(6-5-34(18)2)25-13-23(30)21(19-3-4-26(31-15-19)35-7-9-39-10-8-35)12-24(25)33-28(38)22-16-32-27(37)11-20(22)14-29;2-1-3;;/h3-4,11-13,15-16,18H,5-10,14,17H2,1-2H3,(H,32,37)(H,33,38);1H2;2*1H/t18-;;;/m0.../s1. The first-order valence-electron chi connectivity index (χ1n) is 13.5. The molecule has 230 valence electrons. The molecule has 2 aliphatic rings. The molecule has 0 saturated carbocycles. The lowest BCUT2D eigenvalue weighted by Gasteiger charge is -2.39. The van der Waals surface area contributed by atoms with E-state index in [1.807, 2.05) is 24.1 Å². The van der Waals surface area contributed by atoms with Gasteiger partial charge in [-0.25, -0.2) is 22.5 Å². The van der Waals surface area contributed by atoms with Crippen LogP contribution < -0.4 is 20.7 Å². The Hall–Kier alpha value is -3.97. The summed E-state index contributed by atoms with van der Waals surface area (Å²) in [6.07, 6.45) is 2.82. The third-order valence-corrected chi connectivity index (χ3v) is 7.43. The highest BCUT2D eigenvalue weighted by atomic mass is 19.3. The van der Waals surface area contributed by atoms with Gasteiger partial charge in [0.2, 0.25) is 12.5 Å². The molecule has 2 saturated heterocycles. The SMILES string of the molecule is C[C@H]1CN(c2cc(F)c(-c3ccc(N4CCOCC4)nc3)cc2NC(=O)c2c[nH]c(=O)cc2CF)CCN1C.FCF.[HH].[HH]. The Morgan fingerprint density at radius 2 is 1.86 bits per heavy atom. The van der Waals surface area contributed by atoms with Gasteiger partial charge in [0.15, 0.2) is 0 Å². The highest BCUT2D eigenvalue weighted by Crippen LogP contribution is 2.36. The summed E-state index contributed by atoms with van der Waals surface area (Å²) >= 11 is 0. The Kier molecular flexibility index (Phi) is 10.5. The van der Waals surface area contributed by atoms with E-state index in [0.717, 1.165) is 31.5 Å². The number of carbonyl (C=O) groups is 1. The normalized spacial score (nSPS) is 17.4. The number of pyridine rings is 2. The molecule has 42 heavy (non-hydrogen) atoms. The fourth-order valence-corrected chi connectivity index (χ4v) is 4.96. The molecule has 5 rings (SSSR count). The molecule has 1 amide bonds. The van der Waals surface area contributed by atoms with Gasteiger partial charge in [-0.05, 0) is 38.2 Å². The molecule has 1 aromatic carbocycles. The zero-order chi connectivity index (χ0) is 30.2. The summed E-state index contributed by atoms with van der Waals surface area (Å²) in [4.78, 5) is 38.2. The lowest BCUT2D eigenvalue weighted by molar-refractivity contribution is 0.102. The number of ether oxygens (including phenoxy) is 1. The summed E-state index contributed by atoms with van der Waals surface area (Å²) in [5, 5.41) is 2.85. The molecule has 2 aromatic heterocycles. The smallest absolute Gasteiger partial charge is 0.257 e. The average molecular weight is 595 g/mol. The van der Waals surface area contributed by atoms with Gasteiger partial charge in [-0.1, -0.05) is 0 Å².